The number of carbonyl (C=O) groups is 2. The highest BCUT2D eigenvalue weighted by atomic mass is 16.5. The van der Waals surface area contributed by atoms with E-state index in [0.717, 1.165) is 24.4 Å². The molecular weight excluding hydrogens is 306 g/mol. The van der Waals surface area contributed by atoms with E-state index in [1.54, 1.807) is 4.90 Å². The molecule has 1 aromatic carbocycles. The van der Waals surface area contributed by atoms with Gasteiger partial charge in [-0.05, 0) is 31.5 Å². The van der Waals surface area contributed by atoms with Crippen LogP contribution < -0.4 is 10.5 Å². The number of primary amides is 1. The number of nitrogens with zero attached hydrogens (tertiary/aromatic N) is 2. The molecule has 2 rings (SSSR count). The van der Waals surface area contributed by atoms with E-state index in [1.165, 1.54) is 6.92 Å². The normalized spacial score (nSPS) is 19.2. The van der Waals surface area contributed by atoms with Crippen LogP contribution in [0.25, 0.3) is 0 Å². The maximum atomic E-state index is 11.7. The van der Waals surface area contributed by atoms with Gasteiger partial charge in [-0.25, -0.2) is 0 Å². The molecule has 1 heterocycles. The molecule has 1 fully saturated rings. The van der Waals surface area contributed by atoms with Gasteiger partial charge in [0.05, 0.1) is 12.0 Å². The number of hydrogen-bond donors (Lipinski definition) is 1. The number of nitrogens with two attached hydrogens (primary N) is 1. The summed E-state index contributed by atoms with van der Waals surface area (Å²) >= 11 is 0. The van der Waals surface area contributed by atoms with E-state index in [9.17, 15) is 9.59 Å². The van der Waals surface area contributed by atoms with Crippen LogP contribution in [0.4, 0.5) is 0 Å². The van der Waals surface area contributed by atoms with E-state index in [0.29, 0.717) is 19.6 Å². The zero-order valence-electron chi connectivity index (χ0n) is 14.7. The molecule has 1 aliphatic heterocycles. The fourth-order valence-electron chi connectivity index (χ4n) is 2.89. The molecule has 24 heavy (non-hydrogen) atoms. The minimum absolute atomic E-state index is 0.0155. The summed E-state index contributed by atoms with van der Waals surface area (Å²) in [5, 5.41) is 0. The van der Waals surface area contributed by atoms with Gasteiger partial charge in [0.2, 0.25) is 11.8 Å². The third-order valence-electron chi connectivity index (χ3n) is 4.15. The van der Waals surface area contributed by atoms with Gasteiger partial charge in [0.1, 0.15) is 5.75 Å². The molecule has 132 valence electrons. The third kappa shape index (κ3) is 5.23. The fraction of sp³-hybridized carbons (Fsp3) is 0.556. The molecule has 1 aromatic rings. The summed E-state index contributed by atoms with van der Waals surface area (Å²) in [7, 11) is 0. The summed E-state index contributed by atoms with van der Waals surface area (Å²) in [6.45, 7) is 8.57. The van der Waals surface area contributed by atoms with Crippen molar-refractivity contribution in [2.24, 2.45) is 11.7 Å². The monoisotopic (exact) mass is 333 g/mol. The smallest absolute Gasteiger partial charge is 0.223 e. The van der Waals surface area contributed by atoms with Crippen molar-refractivity contribution in [2.75, 3.05) is 26.2 Å². The molecule has 0 radical (unpaired) electrons. The van der Waals surface area contributed by atoms with E-state index in [2.05, 4.69) is 4.90 Å². The van der Waals surface area contributed by atoms with E-state index in [1.807, 2.05) is 38.1 Å². The predicted molar refractivity (Wildman–Crippen MR) is 92.4 cm³/mol. The van der Waals surface area contributed by atoms with E-state index in [-0.39, 0.29) is 23.8 Å². The van der Waals surface area contributed by atoms with Crippen molar-refractivity contribution in [3.05, 3.63) is 29.8 Å². The lowest BCUT2D eigenvalue weighted by Gasteiger charge is -2.22. The molecule has 6 heteroatoms. The second kappa shape index (κ2) is 8.15. The van der Waals surface area contributed by atoms with Crippen molar-refractivity contribution >= 4 is 11.8 Å². The van der Waals surface area contributed by atoms with E-state index < -0.39 is 0 Å². The molecule has 1 atom stereocenters. The zero-order valence-corrected chi connectivity index (χ0v) is 14.7. The number of ether oxygens (including phenoxy) is 1. The molecule has 0 spiro atoms. The number of carbonyl (C=O) groups excluding carboxylic acids is 2. The lowest BCUT2D eigenvalue weighted by Crippen LogP contribution is -2.39. The summed E-state index contributed by atoms with van der Waals surface area (Å²) in [6.07, 6.45) is 0.148. The lowest BCUT2D eigenvalue weighted by molar-refractivity contribution is -0.130. The van der Waals surface area contributed by atoms with Crippen LogP contribution >= 0.6 is 0 Å². The minimum Gasteiger partial charge on any atom is -0.491 e. The van der Waals surface area contributed by atoms with Crippen LogP contribution in [0.1, 0.15) is 26.3 Å². The highest BCUT2D eigenvalue weighted by molar-refractivity contribution is 5.79. The summed E-state index contributed by atoms with van der Waals surface area (Å²) in [5.74, 6) is 0.148. The number of amides is 2. The second-order valence-corrected chi connectivity index (χ2v) is 6.61. The highest BCUT2D eigenvalue weighted by Gasteiger charge is 2.27. The Bertz CT molecular complexity index is 571. The Balaban J connectivity index is 2.02. The average Bonchev–Trinajstić information content (AvgIpc) is 2.72. The van der Waals surface area contributed by atoms with Crippen LogP contribution in [-0.4, -0.2) is 53.9 Å². The number of benzene rings is 1. The van der Waals surface area contributed by atoms with Crippen molar-refractivity contribution in [1.29, 1.82) is 0 Å². The summed E-state index contributed by atoms with van der Waals surface area (Å²) in [6, 6.07) is 7.98. The van der Waals surface area contributed by atoms with Gasteiger partial charge < -0.3 is 15.4 Å². The summed E-state index contributed by atoms with van der Waals surface area (Å²) in [5.41, 5.74) is 6.64. The first kappa shape index (κ1) is 18.3. The molecule has 0 bridgehead atoms. The number of hydrogen-bond acceptors (Lipinski definition) is 4. The molecule has 0 aromatic heterocycles. The van der Waals surface area contributed by atoms with Crippen LogP contribution in [0.2, 0.25) is 0 Å². The van der Waals surface area contributed by atoms with Gasteiger partial charge in [-0.15, -0.1) is 0 Å². The summed E-state index contributed by atoms with van der Waals surface area (Å²) in [4.78, 5) is 27.2. The van der Waals surface area contributed by atoms with Gasteiger partial charge >= 0.3 is 0 Å². The Morgan fingerprint density at radius 2 is 1.88 bits per heavy atom. The zero-order chi connectivity index (χ0) is 17.7. The molecule has 1 aliphatic rings. The van der Waals surface area contributed by atoms with E-state index >= 15 is 0 Å². The van der Waals surface area contributed by atoms with Gasteiger partial charge in [0.25, 0.3) is 0 Å². The highest BCUT2D eigenvalue weighted by Crippen LogP contribution is 2.17. The van der Waals surface area contributed by atoms with Crippen molar-refractivity contribution in [2.45, 2.75) is 33.4 Å². The Labute approximate surface area is 143 Å². The van der Waals surface area contributed by atoms with Gasteiger partial charge in [-0.3, -0.25) is 14.5 Å². The van der Waals surface area contributed by atoms with Crippen molar-refractivity contribution < 1.29 is 14.3 Å². The van der Waals surface area contributed by atoms with Gasteiger partial charge in [-0.1, -0.05) is 12.1 Å². The Morgan fingerprint density at radius 3 is 2.42 bits per heavy atom. The first-order valence-corrected chi connectivity index (χ1v) is 8.38. The van der Waals surface area contributed by atoms with Crippen LogP contribution in [0.15, 0.2) is 24.3 Å². The maximum Gasteiger partial charge on any atom is 0.223 e. The first-order chi connectivity index (χ1) is 11.3. The first-order valence-electron chi connectivity index (χ1n) is 8.38. The fourth-order valence-corrected chi connectivity index (χ4v) is 2.89. The van der Waals surface area contributed by atoms with Crippen molar-refractivity contribution in [1.82, 2.24) is 9.80 Å². The molecule has 1 saturated heterocycles. The third-order valence-corrected chi connectivity index (χ3v) is 4.15. The molecule has 1 unspecified atom stereocenters. The Kier molecular flexibility index (Phi) is 6.20. The molecule has 0 aliphatic carbocycles. The van der Waals surface area contributed by atoms with Crippen molar-refractivity contribution in [3.8, 4) is 5.75 Å². The SMILES string of the molecule is CC(=O)N1CCN(Cc2ccc(OC(C)C)cc2)CC(C(N)=O)C1. The minimum atomic E-state index is -0.353. The van der Waals surface area contributed by atoms with Crippen LogP contribution in [0.5, 0.6) is 5.75 Å². The molecule has 0 saturated carbocycles. The maximum absolute atomic E-state index is 11.7. The predicted octanol–water partition coefficient (Wildman–Crippen LogP) is 1.24. The Morgan fingerprint density at radius 1 is 1.21 bits per heavy atom. The molecule has 2 N–H and O–H groups in total. The Hall–Kier alpha value is -2.08. The van der Waals surface area contributed by atoms with Gasteiger partial charge in [-0.2, -0.15) is 0 Å². The largest absolute Gasteiger partial charge is 0.491 e. The van der Waals surface area contributed by atoms with Gasteiger partial charge in [0.15, 0.2) is 0 Å². The van der Waals surface area contributed by atoms with Crippen LogP contribution in [-0.2, 0) is 16.1 Å². The molecular formula is C18H27N3O3. The number of rotatable bonds is 5. The topological polar surface area (TPSA) is 75.9 Å². The lowest BCUT2D eigenvalue weighted by atomic mass is 10.1. The van der Waals surface area contributed by atoms with Crippen LogP contribution in [0, 0.1) is 5.92 Å². The standard InChI is InChI=1S/C18H27N3O3/c1-13(2)24-17-6-4-15(5-7-17)10-20-8-9-21(14(3)22)12-16(11-20)18(19)23/h4-7,13,16H,8-12H2,1-3H3,(H2,19,23). The quantitative estimate of drug-likeness (QED) is 0.879. The summed E-state index contributed by atoms with van der Waals surface area (Å²) < 4.78 is 5.65. The molecule has 2 amide bonds. The molecule has 6 nitrogen and oxygen atoms in total. The van der Waals surface area contributed by atoms with E-state index in [4.69, 9.17) is 10.5 Å². The van der Waals surface area contributed by atoms with Crippen molar-refractivity contribution in [3.63, 3.8) is 0 Å². The van der Waals surface area contributed by atoms with Crippen LogP contribution in [0.3, 0.4) is 0 Å². The average molecular weight is 333 g/mol. The van der Waals surface area contributed by atoms with Gasteiger partial charge in [0, 0.05) is 39.6 Å². The second-order valence-electron chi connectivity index (χ2n) is 6.61.